The quantitative estimate of drug-likeness (QED) is 0.441. The van der Waals surface area contributed by atoms with Gasteiger partial charge in [-0.15, -0.1) is 0 Å². The number of halogens is 1. The van der Waals surface area contributed by atoms with Crippen molar-refractivity contribution in [1.29, 1.82) is 0 Å². The van der Waals surface area contributed by atoms with Crippen LogP contribution in [0.15, 0.2) is 0 Å². The van der Waals surface area contributed by atoms with Gasteiger partial charge in [0.05, 0.1) is 5.92 Å². The van der Waals surface area contributed by atoms with Gasteiger partial charge in [-0.1, -0.05) is 20.8 Å². The highest BCUT2D eigenvalue weighted by atomic mass is 127. The van der Waals surface area contributed by atoms with E-state index in [0.29, 0.717) is 0 Å². The smallest absolute Gasteiger partial charge is 0.347 e. The van der Waals surface area contributed by atoms with E-state index in [4.69, 9.17) is 9.47 Å². The molecular weight excluding hydrogens is 311 g/mol. The van der Waals surface area contributed by atoms with Gasteiger partial charge in [-0.3, -0.25) is 4.79 Å². The second-order valence-corrected chi connectivity index (χ2v) is 4.31. The first kappa shape index (κ1) is 14.7. The first-order valence-corrected chi connectivity index (χ1v) is 6.35. The molecule has 0 saturated carbocycles. The highest BCUT2D eigenvalue weighted by molar-refractivity contribution is 14.1. The number of esters is 2. The summed E-state index contributed by atoms with van der Waals surface area (Å²) in [5.74, 6) is -0.873. The Balaban J connectivity index is 4.12. The van der Waals surface area contributed by atoms with Gasteiger partial charge < -0.3 is 9.47 Å². The molecular formula is C10H17IO4. The Hall–Kier alpha value is -0.330. The Morgan fingerprint density at radius 2 is 1.67 bits per heavy atom. The van der Waals surface area contributed by atoms with Gasteiger partial charge in [0, 0.05) is 0 Å². The fourth-order valence-corrected chi connectivity index (χ4v) is 1.08. The molecule has 0 bridgehead atoms. The fraction of sp³-hybridized carbons (Fsp3) is 0.800. The Morgan fingerprint density at radius 1 is 1.13 bits per heavy atom. The molecule has 0 aliphatic rings. The Morgan fingerprint density at radius 3 is 2.07 bits per heavy atom. The predicted molar refractivity (Wildman–Crippen MR) is 64.5 cm³/mol. The highest BCUT2D eigenvalue weighted by Gasteiger charge is 2.24. The van der Waals surface area contributed by atoms with Crippen LogP contribution in [0, 0.1) is 11.8 Å². The van der Waals surface area contributed by atoms with Crippen molar-refractivity contribution in [1.82, 2.24) is 0 Å². The van der Waals surface area contributed by atoms with E-state index in [-0.39, 0.29) is 22.4 Å². The van der Waals surface area contributed by atoms with Crippen molar-refractivity contribution in [3.05, 3.63) is 0 Å². The minimum atomic E-state index is -0.825. The average Bonchev–Trinajstić information content (AvgIpc) is 2.16. The molecule has 4 nitrogen and oxygen atoms in total. The topological polar surface area (TPSA) is 52.6 Å². The van der Waals surface area contributed by atoms with E-state index in [1.807, 2.05) is 36.4 Å². The van der Waals surface area contributed by atoms with Gasteiger partial charge in [-0.2, -0.15) is 0 Å². The zero-order chi connectivity index (χ0) is 12.0. The van der Waals surface area contributed by atoms with Crippen LogP contribution in [0.3, 0.4) is 0 Å². The number of rotatable bonds is 5. The van der Waals surface area contributed by atoms with Gasteiger partial charge in [0.2, 0.25) is 0 Å². The fourth-order valence-electron chi connectivity index (χ4n) is 0.773. The number of carbonyl (C=O) groups is 2. The van der Waals surface area contributed by atoms with E-state index in [9.17, 15) is 9.59 Å². The van der Waals surface area contributed by atoms with Gasteiger partial charge >= 0.3 is 11.9 Å². The molecule has 0 heterocycles. The molecule has 0 amide bonds. The van der Waals surface area contributed by atoms with Crippen LogP contribution in [0.5, 0.6) is 0 Å². The number of carbonyl (C=O) groups excluding carboxylic acids is 2. The molecule has 0 radical (unpaired) electrons. The van der Waals surface area contributed by atoms with Gasteiger partial charge in [0.15, 0.2) is 6.10 Å². The van der Waals surface area contributed by atoms with Crippen LogP contribution in [0.25, 0.3) is 0 Å². The lowest BCUT2D eigenvalue weighted by molar-refractivity contribution is -0.168. The monoisotopic (exact) mass is 328 g/mol. The number of hydrogen-bond acceptors (Lipinski definition) is 4. The van der Waals surface area contributed by atoms with Crippen LogP contribution in [0.1, 0.15) is 27.7 Å². The molecule has 5 heteroatoms. The molecule has 0 aliphatic carbocycles. The molecule has 0 N–H and O–H groups in total. The Kier molecular flexibility index (Phi) is 6.87. The van der Waals surface area contributed by atoms with Crippen molar-refractivity contribution >= 4 is 34.5 Å². The first-order chi connectivity index (χ1) is 6.90. The van der Waals surface area contributed by atoms with Crippen LogP contribution >= 0.6 is 22.6 Å². The van der Waals surface area contributed by atoms with E-state index in [1.165, 1.54) is 6.92 Å². The van der Waals surface area contributed by atoms with E-state index in [1.54, 1.807) is 6.92 Å². The standard InChI is InChI=1S/C10H17IO4/c1-6(2)7(3)9(12)15-8(4)10(13)14-5-11/h6-8H,5H2,1-4H3. The minimum absolute atomic E-state index is 0.199. The third kappa shape index (κ3) is 5.34. The first-order valence-electron chi connectivity index (χ1n) is 4.83. The molecule has 0 saturated heterocycles. The number of ether oxygens (including phenoxy) is 2. The molecule has 0 aromatic rings. The van der Waals surface area contributed by atoms with E-state index >= 15 is 0 Å². The summed E-state index contributed by atoms with van der Waals surface area (Å²) < 4.78 is 9.95. The van der Waals surface area contributed by atoms with Crippen molar-refractivity contribution < 1.29 is 19.1 Å². The summed E-state index contributed by atoms with van der Waals surface area (Å²) in [4.78, 5) is 22.6. The zero-order valence-electron chi connectivity index (χ0n) is 9.45. The van der Waals surface area contributed by atoms with Gasteiger partial charge in [-0.25, -0.2) is 4.79 Å². The lowest BCUT2D eigenvalue weighted by atomic mass is 9.98. The van der Waals surface area contributed by atoms with Gasteiger partial charge in [0.25, 0.3) is 0 Å². The van der Waals surface area contributed by atoms with Crippen LogP contribution < -0.4 is 0 Å². The van der Waals surface area contributed by atoms with Gasteiger partial charge in [0.1, 0.15) is 4.61 Å². The maximum atomic E-state index is 11.5. The number of hydrogen-bond donors (Lipinski definition) is 0. The maximum absolute atomic E-state index is 11.5. The predicted octanol–water partition coefficient (Wildman–Crippen LogP) is 2.15. The van der Waals surface area contributed by atoms with Crippen molar-refractivity contribution in [2.45, 2.75) is 33.8 Å². The summed E-state index contributed by atoms with van der Waals surface area (Å²) >= 11 is 1.91. The molecule has 0 rings (SSSR count). The Labute approximate surface area is 104 Å². The highest BCUT2D eigenvalue weighted by Crippen LogP contribution is 2.12. The lowest BCUT2D eigenvalue weighted by Gasteiger charge is -2.17. The minimum Gasteiger partial charge on any atom is -0.452 e. The van der Waals surface area contributed by atoms with Crippen LogP contribution in [0.2, 0.25) is 0 Å². The summed E-state index contributed by atoms with van der Waals surface area (Å²) in [5.41, 5.74) is 0. The summed E-state index contributed by atoms with van der Waals surface area (Å²) in [6.45, 7) is 7.16. The average molecular weight is 328 g/mol. The van der Waals surface area contributed by atoms with Crippen molar-refractivity contribution in [3.8, 4) is 0 Å². The molecule has 0 spiro atoms. The second-order valence-electron chi connectivity index (χ2n) is 3.68. The number of alkyl halides is 1. The lowest BCUT2D eigenvalue weighted by Crippen LogP contribution is -2.30. The molecule has 0 aromatic heterocycles. The van der Waals surface area contributed by atoms with Crippen LogP contribution in [-0.2, 0) is 19.1 Å². The van der Waals surface area contributed by atoms with Crippen LogP contribution in [-0.4, -0.2) is 22.7 Å². The van der Waals surface area contributed by atoms with Crippen molar-refractivity contribution in [2.75, 3.05) is 4.61 Å². The third-order valence-electron chi connectivity index (χ3n) is 2.19. The van der Waals surface area contributed by atoms with Gasteiger partial charge in [-0.05, 0) is 35.4 Å². The second kappa shape index (κ2) is 7.03. The maximum Gasteiger partial charge on any atom is 0.347 e. The zero-order valence-corrected chi connectivity index (χ0v) is 11.6. The van der Waals surface area contributed by atoms with E-state index < -0.39 is 12.1 Å². The Bertz CT molecular complexity index is 227. The molecule has 0 aliphatic heterocycles. The molecule has 2 unspecified atom stereocenters. The summed E-state index contributed by atoms with van der Waals surface area (Å²) in [5, 5.41) is 0. The van der Waals surface area contributed by atoms with E-state index in [2.05, 4.69) is 0 Å². The van der Waals surface area contributed by atoms with Crippen molar-refractivity contribution in [3.63, 3.8) is 0 Å². The SMILES string of the molecule is CC(OC(=O)C(C)C(C)C)C(=O)OCI. The largest absolute Gasteiger partial charge is 0.452 e. The summed E-state index contributed by atoms with van der Waals surface area (Å²) in [6, 6.07) is 0. The molecule has 0 aromatic carbocycles. The molecule has 88 valence electrons. The van der Waals surface area contributed by atoms with Crippen molar-refractivity contribution in [2.24, 2.45) is 11.8 Å². The molecule has 15 heavy (non-hydrogen) atoms. The molecule has 2 atom stereocenters. The normalized spacial score (nSPS) is 14.5. The molecule has 0 fully saturated rings. The third-order valence-corrected chi connectivity index (χ3v) is 2.50. The summed E-state index contributed by atoms with van der Waals surface area (Å²) in [7, 11) is 0. The van der Waals surface area contributed by atoms with Crippen LogP contribution in [0.4, 0.5) is 0 Å². The van der Waals surface area contributed by atoms with E-state index in [0.717, 1.165) is 0 Å². The summed E-state index contributed by atoms with van der Waals surface area (Å²) in [6.07, 6.45) is -0.825.